The van der Waals surface area contributed by atoms with Crippen LogP contribution in [0.25, 0.3) is 10.9 Å². The molecule has 0 fully saturated rings. The fourth-order valence-corrected chi connectivity index (χ4v) is 4.32. The highest BCUT2D eigenvalue weighted by Crippen LogP contribution is 2.40. The summed E-state index contributed by atoms with van der Waals surface area (Å²) in [5.74, 6) is 1.26. The Morgan fingerprint density at radius 2 is 1.61 bits per heavy atom. The van der Waals surface area contributed by atoms with Gasteiger partial charge in [0.05, 0.1) is 44.9 Å². The number of carbonyl (C=O) groups excluding carboxylic acids is 1. The van der Waals surface area contributed by atoms with E-state index in [0.717, 1.165) is 0 Å². The molecule has 1 atom stereocenters. The number of phenolic OH excluding ortho intramolecular Hbond substituents is 1. The van der Waals surface area contributed by atoms with Crippen molar-refractivity contribution in [3.05, 3.63) is 82.5 Å². The molecule has 0 saturated heterocycles. The zero-order valence-corrected chi connectivity index (χ0v) is 21.0. The van der Waals surface area contributed by atoms with Gasteiger partial charge < -0.3 is 29.4 Å². The zero-order valence-electron chi connectivity index (χ0n) is 20.2. The monoisotopic (exact) mass is 509 g/mol. The van der Waals surface area contributed by atoms with E-state index in [1.54, 1.807) is 55.8 Å². The maximum Gasteiger partial charge on any atom is 0.254 e. The molecule has 0 radical (unpaired) electrons. The molecule has 0 aliphatic carbocycles. The van der Waals surface area contributed by atoms with Crippen molar-refractivity contribution >= 4 is 28.4 Å². The Morgan fingerprint density at radius 3 is 2.19 bits per heavy atom. The quantitative estimate of drug-likeness (QED) is 0.361. The average molecular weight is 510 g/mol. The van der Waals surface area contributed by atoms with E-state index in [1.807, 2.05) is 12.1 Å². The fraction of sp³-hybridized carbons (Fsp3) is 0.185. The summed E-state index contributed by atoms with van der Waals surface area (Å²) in [6.45, 7) is 0. The van der Waals surface area contributed by atoms with Crippen LogP contribution < -0.4 is 29.2 Å². The van der Waals surface area contributed by atoms with Gasteiger partial charge in [0.25, 0.3) is 11.4 Å². The number of aromatic hydroxyl groups is 1. The predicted octanol–water partition coefficient (Wildman–Crippen LogP) is 4.57. The molecule has 9 heteroatoms. The van der Waals surface area contributed by atoms with Crippen LogP contribution in [0, 0.1) is 0 Å². The SMILES string of the molecule is COc1ccc(C(NC(=O)c2cc(OC)c(OC)c(OC)c2)c2cc(Cl)c3ccc[nH+]c3c2O)cc1. The number of methoxy groups -OCH3 is 4. The Labute approximate surface area is 213 Å². The highest BCUT2D eigenvalue weighted by atomic mass is 35.5. The molecular weight excluding hydrogens is 484 g/mol. The molecule has 0 aliphatic heterocycles. The van der Waals surface area contributed by atoms with Crippen LogP contribution in [0.2, 0.25) is 5.02 Å². The summed E-state index contributed by atoms with van der Waals surface area (Å²) in [7, 11) is 6.02. The largest absolute Gasteiger partial charge is 0.502 e. The Morgan fingerprint density at radius 1 is 0.944 bits per heavy atom. The average Bonchev–Trinajstić information content (AvgIpc) is 2.92. The third kappa shape index (κ3) is 4.67. The number of aromatic amines is 1. The van der Waals surface area contributed by atoms with Gasteiger partial charge in [-0.1, -0.05) is 23.7 Å². The molecule has 4 rings (SSSR count). The number of aromatic nitrogens is 1. The maximum atomic E-state index is 13.5. The van der Waals surface area contributed by atoms with Crippen LogP contribution >= 0.6 is 11.6 Å². The van der Waals surface area contributed by atoms with E-state index in [4.69, 9.17) is 30.5 Å². The lowest BCUT2D eigenvalue weighted by molar-refractivity contribution is -0.345. The smallest absolute Gasteiger partial charge is 0.254 e. The normalized spacial score (nSPS) is 11.6. The zero-order chi connectivity index (χ0) is 25.8. The minimum atomic E-state index is -0.752. The third-order valence-corrected chi connectivity index (χ3v) is 6.18. The Balaban J connectivity index is 1.83. The molecule has 0 bridgehead atoms. The molecule has 1 heterocycles. The topological polar surface area (TPSA) is 100 Å². The number of phenols is 1. The van der Waals surface area contributed by atoms with Crippen LogP contribution in [0.1, 0.15) is 27.5 Å². The van der Waals surface area contributed by atoms with Crippen LogP contribution in [0.15, 0.2) is 60.8 Å². The van der Waals surface area contributed by atoms with Crippen molar-refractivity contribution in [1.29, 1.82) is 0 Å². The van der Waals surface area contributed by atoms with Gasteiger partial charge in [-0.3, -0.25) is 4.79 Å². The van der Waals surface area contributed by atoms with Crippen molar-refractivity contribution in [2.45, 2.75) is 6.04 Å². The first kappa shape index (κ1) is 24.9. The second kappa shape index (κ2) is 10.6. The summed E-state index contributed by atoms with van der Waals surface area (Å²) in [4.78, 5) is 16.5. The van der Waals surface area contributed by atoms with Gasteiger partial charge >= 0.3 is 0 Å². The maximum absolute atomic E-state index is 13.5. The molecule has 186 valence electrons. The number of benzene rings is 3. The number of pyridine rings is 1. The number of ether oxygens (including phenoxy) is 4. The minimum Gasteiger partial charge on any atom is -0.502 e. The van der Waals surface area contributed by atoms with Crippen molar-refractivity contribution in [2.75, 3.05) is 28.4 Å². The lowest BCUT2D eigenvalue weighted by atomic mass is 9.95. The van der Waals surface area contributed by atoms with Crippen LogP contribution in [0.4, 0.5) is 0 Å². The van der Waals surface area contributed by atoms with Crippen molar-refractivity contribution in [1.82, 2.24) is 5.32 Å². The van der Waals surface area contributed by atoms with Gasteiger partial charge in [-0.2, -0.15) is 0 Å². The summed E-state index contributed by atoms with van der Waals surface area (Å²) < 4.78 is 21.4. The van der Waals surface area contributed by atoms with Gasteiger partial charge in [0.15, 0.2) is 23.4 Å². The molecule has 1 aromatic heterocycles. The van der Waals surface area contributed by atoms with Gasteiger partial charge in [-0.15, -0.1) is 0 Å². The molecular formula is C27H26ClN2O6+. The number of halogens is 1. The summed E-state index contributed by atoms with van der Waals surface area (Å²) >= 11 is 6.57. The van der Waals surface area contributed by atoms with Crippen molar-refractivity contribution < 1.29 is 33.8 Å². The first-order chi connectivity index (χ1) is 17.4. The molecule has 3 aromatic carbocycles. The Bertz CT molecular complexity index is 1380. The Hall–Kier alpha value is -4.17. The van der Waals surface area contributed by atoms with E-state index < -0.39 is 11.9 Å². The van der Waals surface area contributed by atoms with Crippen molar-refractivity contribution in [3.63, 3.8) is 0 Å². The first-order valence-corrected chi connectivity index (χ1v) is 11.4. The molecule has 1 amide bonds. The Kier molecular flexibility index (Phi) is 7.36. The summed E-state index contributed by atoms with van der Waals surface area (Å²) in [6.07, 6.45) is 1.69. The van der Waals surface area contributed by atoms with E-state index in [-0.39, 0.29) is 11.3 Å². The lowest BCUT2D eigenvalue weighted by Gasteiger charge is -2.22. The number of carbonyl (C=O) groups is 1. The molecule has 0 aliphatic rings. The van der Waals surface area contributed by atoms with Crippen LogP contribution in [0.5, 0.6) is 28.7 Å². The molecule has 0 spiro atoms. The van der Waals surface area contributed by atoms with Crippen LogP contribution in [-0.4, -0.2) is 39.5 Å². The second-order valence-corrected chi connectivity index (χ2v) is 8.26. The number of H-pyrrole nitrogens is 1. The fourth-order valence-electron chi connectivity index (χ4n) is 4.04. The molecule has 8 nitrogen and oxygen atoms in total. The highest BCUT2D eigenvalue weighted by molar-refractivity contribution is 6.35. The van der Waals surface area contributed by atoms with Gasteiger partial charge in [-0.05, 0) is 42.0 Å². The number of hydrogen-bond donors (Lipinski definition) is 2. The van der Waals surface area contributed by atoms with Gasteiger partial charge in [0, 0.05) is 17.2 Å². The molecule has 1 unspecified atom stereocenters. The van der Waals surface area contributed by atoms with Crippen molar-refractivity contribution in [3.8, 4) is 28.7 Å². The number of fused-ring (bicyclic) bond motifs is 1. The molecule has 4 aromatic rings. The van der Waals surface area contributed by atoms with Gasteiger partial charge in [0.2, 0.25) is 5.75 Å². The summed E-state index contributed by atoms with van der Waals surface area (Å²) in [6, 6.07) is 14.8. The van der Waals surface area contributed by atoms with E-state index in [0.29, 0.717) is 50.1 Å². The van der Waals surface area contributed by atoms with Crippen LogP contribution in [-0.2, 0) is 0 Å². The standard InChI is InChI=1S/C27H25ClN2O6/c1-33-17-9-7-15(8-10-17)23(19-14-20(28)18-6-5-11-29-24(18)25(19)31)30-27(32)16-12-21(34-2)26(36-4)22(13-16)35-3/h5-14,23,31H,1-4H3,(H,30,32)/p+1. The third-order valence-electron chi connectivity index (χ3n) is 5.87. The van der Waals surface area contributed by atoms with Crippen molar-refractivity contribution in [2.24, 2.45) is 0 Å². The molecule has 36 heavy (non-hydrogen) atoms. The number of rotatable bonds is 8. The van der Waals surface area contributed by atoms with Crippen LogP contribution in [0.3, 0.4) is 0 Å². The molecule has 0 saturated carbocycles. The molecule has 3 N–H and O–H groups in total. The van der Waals surface area contributed by atoms with E-state index in [2.05, 4.69) is 10.3 Å². The first-order valence-electron chi connectivity index (χ1n) is 11.0. The predicted molar refractivity (Wildman–Crippen MR) is 136 cm³/mol. The summed E-state index contributed by atoms with van der Waals surface area (Å²) in [5.41, 5.74) is 1.86. The van der Waals surface area contributed by atoms with E-state index in [1.165, 1.54) is 21.3 Å². The minimum absolute atomic E-state index is 0.0268. The van der Waals surface area contributed by atoms with E-state index >= 15 is 0 Å². The summed E-state index contributed by atoms with van der Waals surface area (Å²) in [5, 5.41) is 15.3. The number of amides is 1. The highest BCUT2D eigenvalue weighted by Gasteiger charge is 2.27. The van der Waals surface area contributed by atoms with Gasteiger partial charge in [-0.25, -0.2) is 4.98 Å². The van der Waals surface area contributed by atoms with Gasteiger partial charge in [0.1, 0.15) is 5.75 Å². The van der Waals surface area contributed by atoms with E-state index in [9.17, 15) is 9.90 Å². The second-order valence-electron chi connectivity index (χ2n) is 7.85. The lowest BCUT2D eigenvalue weighted by Crippen LogP contribution is -2.29. The number of hydrogen-bond acceptors (Lipinski definition) is 6. The number of nitrogens with one attached hydrogen (secondary N) is 2.